The van der Waals surface area contributed by atoms with Crippen molar-refractivity contribution in [2.75, 3.05) is 58.4 Å². The van der Waals surface area contributed by atoms with Crippen LogP contribution in [0.3, 0.4) is 0 Å². The molecule has 15 N–H and O–H groups in total. The van der Waals surface area contributed by atoms with Gasteiger partial charge < -0.3 is 85.8 Å². The number of hydrogen-bond donors (Lipinski definition) is 13. The molecule has 72 heavy (non-hydrogen) atoms. The molecule has 6 atom stereocenters. The summed E-state index contributed by atoms with van der Waals surface area (Å²) in [5.41, 5.74) is 10.3. The number of carboxylic acid groups (broad SMARTS) is 2. The summed E-state index contributed by atoms with van der Waals surface area (Å²) in [5, 5.41) is 36.5. The lowest BCUT2D eigenvalue weighted by atomic mass is 10.1. The Morgan fingerprint density at radius 2 is 1.56 bits per heavy atom. The monoisotopic (exact) mass is 1070 g/mol. The molecule has 0 spiro atoms. The maximum atomic E-state index is 12.9. The Labute approximate surface area is 404 Å². The summed E-state index contributed by atoms with van der Waals surface area (Å²) in [6.45, 7) is -1.94. The third-order valence-electron chi connectivity index (χ3n) is 9.32. The number of phosphoric acid groups is 3. The van der Waals surface area contributed by atoms with Crippen LogP contribution in [-0.4, -0.2) is 150 Å². The third kappa shape index (κ3) is 17.1. The van der Waals surface area contributed by atoms with E-state index in [0.29, 0.717) is 0 Å². The van der Waals surface area contributed by atoms with E-state index in [1.165, 1.54) is 22.9 Å². The van der Waals surface area contributed by atoms with Crippen molar-refractivity contribution in [1.29, 1.82) is 0 Å². The van der Waals surface area contributed by atoms with Crippen molar-refractivity contribution in [3.63, 3.8) is 0 Å². The van der Waals surface area contributed by atoms with Gasteiger partial charge in [-0.25, -0.2) is 23.3 Å². The van der Waals surface area contributed by atoms with Crippen molar-refractivity contribution in [3.05, 3.63) is 86.8 Å². The van der Waals surface area contributed by atoms with Gasteiger partial charge >= 0.3 is 35.4 Å². The van der Waals surface area contributed by atoms with Crippen LogP contribution in [-0.2, 0) is 45.8 Å². The van der Waals surface area contributed by atoms with E-state index in [9.17, 15) is 67.6 Å². The molecule has 0 saturated carbocycles. The highest BCUT2D eigenvalue weighted by Gasteiger charge is 2.43. The highest BCUT2D eigenvalue weighted by atomic mass is 31.3. The number of aliphatic hydroxyl groups is 1. The van der Waals surface area contributed by atoms with Crippen molar-refractivity contribution in [1.82, 2.24) is 30.5 Å². The number of carbonyl (C=O) groups excluding carboxylic acids is 3. The number of aromatic nitrogens is 3. The number of H-pyrrole nitrogens is 1. The zero-order chi connectivity index (χ0) is 53.0. The van der Waals surface area contributed by atoms with E-state index in [1.807, 2.05) is 0 Å². The molecular formula is C38H45N8O23P3. The summed E-state index contributed by atoms with van der Waals surface area (Å²) in [5.74, 6) is 0.692. The van der Waals surface area contributed by atoms with Gasteiger partial charge in [-0.2, -0.15) is 13.6 Å². The normalized spacial score (nSPS) is 17.7. The molecule has 0 bridgehead atoms. The number of nitrogens with two attached hydrogens (primary N) is 2. The number of nitrogen functional groups attached to an aromatic ring is 1. The molecule has 3 heterocycles. The van der Waals surface area contributed by atoms with E-state index >= 15 is 0 Å². The Kier molecular flexibility index (Phi) is 19.5. The number of anilines is 1. The molecule has 2 aromatic carbocycles. The number of benzene rings is 2. The van der Waals surface area contributed by atoms with Gasteiger partial charge in [-0.3, -0.25) is 28.7 Å². The minimum Gasteiger partial charge on any atom is -0.489 e. The molecule has 1 saturated heterocycles. The predicted octanol–water partition coefficient (Wildman–Crippen LogP) is -1.28. The number of nitrogens with one attached hydrogen (secondary N) is 4. The Hall–Kier alpha value is -6.42. The second-order valence-corrected chi connectivity index (χ2v) is 19.1. The highest BCUT2D eigenvalue weighted by molar-refractivity contribution is 7.66. The molecule has 1 fully saturated rings. The fourth-order valence-corrected chi connectivity index (χ4v) is 9.30. The number of nitrogens with zero attached hydrogens (tertiary/aromatic N) is 2. The van der Waals surface area contributed by atoms with Crippen LogP contribution in [0.1, 0.15) is 59.6 Å². The first-order valence-corrected chi connectivity index (χ1v) is 25.0. The number of hydrogen-bond acceptors (Lipinski definition) is 20. The number of fused-ring (bicyclic) bond motifs is 1. The molecule has 3 amide bonds. The molecule has 0 radical (unpaired) electrons. The number of aromatic amines is 1. The van der Waals surface area contributed by atoms with Crippen LogP contribution in [0.4, 0.5) is 5.95 Å². The fraction of sp³-hybridized carbons (Fsp3) is 0.342. The van der Waals surface area contributed by atoms with Crippen molar-refractivity contribution in [2.45, 2.75) is 31.1 Å². The fourth-order valence-electron chi connectivity index (χ4n) is 6.27. The SMILES string of the molecule is Nc1nc2c(c(C#CCNC(=O)COCCOC(N)COc3cccc(C(=O)NCCNC(=O)c4cc(C(=O)O)cc(C(=O)O)c4)c3)cn2[C@H]2C[C@H](O)[C@@H](COP(=O)(O)OP(=O)(O)OP(=O)(O)O)O2)c(=O)[nH]1. The van der Waals surface area contributed by atoms with E-state index in [4.69, 9.17) is 40.2 Å². The summed E-state index contributed by atoms with van der Waals surface area (Å²) < 4.78 is 69.9. The van der Waals surface area contributed by atoms with Gasteiger partial charge in [-0.15, -0.1) is 0 Å². The first-order valence-electron chi connectivity index (χ1n) is 20.4. The lowest BCUT2D eigenvalue weighted by Gasteiger charge is -2.19. The molecule has 0 aliphatic carbocycles. The van der Waals surface area contributed by atoms with Gasteiger partial charge in [0.15, 0.2) is 5.65 Å². The number of ether oxygens (including phenoxy) is 4. The largest absolute Gasteiger partial charge is 0.490 e. The number of aromatic carboxylic acids is 2. The Morgan fingerprint density at radius 3 is 2.21 bits per heavy atom. The van der Waals surface area contributed by atoms with Gasteiger partial charge in [-0.1, -0.05) is 17.9 Å². The first-order chi connectivity index (χ1) is 33.8. The Morgan fingerprint density at radius 1 is 0.903 bits per heavy atom. The average molecular weight is 1070 g/mol. The van der Waals surface area contributed by atoms with Crippen LogP contribution >= 0.6 is 23.5 Å². The highest BCUT2D eigenvalue weighted by Crippen LogP contribution is 2.66. The van der Waals surface area contributed by atoms with Gasteiger partial charge in [0.2, 0.25) is 11.9 Å². The first kappa shape index (κ1) is 56.5. The molecule has 34 heteroatoms. The van der Waals surface area contributed by atoms with E-state index in [1.54, 1.807) is 12.1 Å². The topological polar surface area (TPSA) is 482 Å². The number of rotatable bonds is 25. The zero-order valence-corrected chi connectivity index (χ0v) is 39.5. The van der Waals surface area contributed by atoms with Crippen LogP contribution in [0.5, 0.6) is 5.75 Å². The molecular weight excluding hydrogens is 1030 g/mol. The van der Waals surface area contributed by atoms with E-state index in [-0.39, 0.29) is 96.4 Å². The van der Waals surface area contributed by atoms with Crippen LogP contribution < -0.4 is 37.7 Å². The summed E-state index contributed by atoms with van der Waals surface area (Å²) in [6.07, 6.45) is -3.82. The number of phosphoric ester groups is 1. The van der Waals surface area contributed by atoms with Crippen LogP contribution in [0.2, 0.25) is 0 Å². The van der Waals surface area contributed by atoms with Gasteiger partial charge in [0.1, 0.15) is 37.5 Å². The van der Waals surface area contributed by atoms with Crippen LogP contribution in [0.15, 0.2) is 53.5 Å². The van der Waals surface area contributed by atoms with Crippen LogP contribution in [0.25, 0.3) is 11.0 Å². The average Bonchev–Trinajstić information content (AvgIpc) is 3.85. The number of carboxylic acids is 2. The number of amides is 3. The molecule has 2 aromatic heterocycles. The second-order valence-electron chi connectivity index (χ2n) is 14.7. The van der Waals surface area contributed by atoms with Gasteiger partial charge in [0, 0.05) is 36.8 Å². The summed E-state index contributed by atoms with van der Waals surface area (Å²) in [7, 11) is -17.0. The second kappa shape index (κ2) is 24.8. The quantitative estimate of drug-likeness (QED) is 0.0159. The zero-order valence-electron chi connectivity index (χ0n) is 36.8. The van der Waals surface area contributed by atoms with Crippen molar-refractivity contribution >= 4 is 70.1 Å². The smallest absolute Gasteiger partial charge is 0.489 e. The predicted molar refractivity (Wildman–Crippen MR) is 241 cm³/mol. The van der Waals surface area contributed by atoms with Gasteiger partial charge in [0.05, 0.1) is 54.5 Å². The molecule has 390 valence electrons. The van der Waals surface area contributed by atoms with Crippen molar-refractivity contribution in [3.8, 4) is 17.6 Å². The van der Waals surface area contributed by atoms with E-state index < -0.39 is 96.6 Å². The number of aliphatic hydroxyl groups excluding tert-OH is 1. The summed E-state index contributed by atoms with van der Waals surface area (Å²) in [6, 6.07) is 9.02. The van der Waals surface area contributed by atoms with Gasteiger partial charge in [-0.05, 0) is 36.4 Å². The molecule has 1 aliphatic heterocycles. The minimum atomic E-state index is -5.80. The van der Waals surface area contributed by atoms with Crippen molar-refractivity contribution in [2.24, 2.45) is 5.73 Å². The van der Waals surface area contributed by atoms with Crippen molar-refractivity contribution < 1.29 is 105 Å². The maximum absolute atomic E-state index is 12.9. The number of carbonyl (C=O) groups is 5. The Balaban J connectivity index is 1.01. The molecule has 1 aliphatic rings. The molecule has 4 aromatic rings. The minimum absolute atomic E-state index is 0.0345. The lowest BCUT2D eigenvalue weighted by molar-refractivity contribution is -0.126. The molecule has 5 rings (SSSR count). The van der Waals surface area contributed by atoms with E-state index in [2.05, 4.69) is 50.9 Å². The maximum Gasteiger partial charge on any atom is 0.490 e. The summed E-state index contributed by atoms with van der Waals surface area (Å²) in [4.78, 5) is 116. The molecule has 3 unspecified atom stereocenters. The third-order valence-corrected chi connectivity index (χ3v) is 13.1. The van der Waals surface area contributed by atoms with Crippen LogP contribution in [0, 0.1) is 11.8 Å². The molecule has 31 nitrogen and oxygen atoms in total. The Bertz CT molecular complexity index is 2920. The summed E-state index contributed by atoms with van der Waals surface area (Å²) >= 11 is 0. The lowest BCUT2D eigenvalue weighted by Crippen LogP contribution is -2.35. The van der Waals surface area contributed by atoms with E-state index in [0.717, 1.165) is 18.2 Å². The standard InChI is InChI=1S/C38H45N8O23P3/c39-28(18-65-25-5-1-3-20(14-25)33(49)42-7-8-43-34(50)22-11-23(36(52)53)13-24(12-22)37(54)55)64-10-9-63-19-29(48)41-6-2-4-21-16-46(32-31(21)35(51)45-38(40)44-32)30-15-26(47)27(67-30)17-66-71(59,60)69-72(61,62)68-70(56,57)58/h1,3,5,11-14,16,26-28,30,47H,6-10,15,17-19,39H2,(H,41,48)(H,42,49)(H,43,50)(H,52,53)(H,54,55)(H,59,60)(H,61,62)(H2,56,57,58)(H3,40,44,45,51)/t26-,27+,28?,30+/m0/s1. The van der Waals surface area contributed by atoms with Gasteiger partial charge in [0.25, 0.3) is 17.4 Å².